The van der Waals surface area contributed by atoms with Gasteiger partial charge in [0.1, 0.15) is 23.9 Å². The van der Waals surface area contributed by atoms with Gasteiger partial charge in [-0.1, -0.05) is 12.1 Å². The van der Waals surface area contributed by atoms with Crippen LogP contribution in [0.25, 0.3) is 0 Å². The van der Waals surface area contributed by atoms with Gasteiger partial charge in [-0.2, -0.15) is 0 Å². The molecule has 11 N–H and O–H groups in total. The van der Waals surface area contributed by atoms with E-state index in [1.807, 2.05) is 0 Å². The number of benzene rings is 1. The third kappa shape index (κ3) is 9.31. The molecule has 0 saturated heterocycles. The number of guanidine groups is 1. The van der Waals surface area contributed by atoms with E-state index >= 15 is 0 Å². The number of amides is 2. The number of carbonyl (C=O) groups excluding carboxylic acids is 2. The van der Waals surface area contributed by atoms with Crippen molar-refractivity contribution in [3.63, 3.8) is 0 Å². The van der Waals surface area contributed by atoms with E-state index in [1.165, 1.54) is 31.2 Å². The number of nitrogens with zero attached hydrogens (tertiary/aromatic N) is 1. The number of nitrogens with one attached hydrogen (secondary N) is 2. The molecule has 0 radical (unpaired) electrons. The standard InChI is InChI=1S/C19H30N6O6/c1-10(26)15(20)17(29)24-13(3-2-8-23-19(21)22)16(28)25-14(18(30)31)9-11-4-6-12(27)7-5-11/h4-7,10,13-15,26-27H,2-3,8-9,20H2,1H3,(H,24,29)(H,25,28)(H,30,31)(H4,21,22,23). The van der Waals surface area contributed by atoms with E-state index in [1.54, 1.807) is 0 Å². The molecule has 0 bridgehead atoms. The summed E-state index contributed by atoms with van der Waals surface area (Å²) in [5.74, 6) is -2.87. The summed E-state index contributed by atoms with van der Waals surface area (Å²) < 4.78 is 0. The molecule has 1 aromatic carbocycles. The van der Waals surface area contributed by atoms with Crippen molar-refractivity contribution >= 4 is 23.7 Å². The normalized spacial score (nSPS) is 14.5. The third-order valence-electron chi connectivity index (χ3n) is 4.39. The molecule has 0 fully saturated rings. The number of rotatable bonds is 12. The van der Waals surface area contributed by atoms with Crippen molar-refractivity contribution in [3.05, 3.63) is 29.8 Å². The number of carboxylic acid groups (broad SMARTS) is 1. The lowest BCUT2D eigenvalue weighted by atomic mass is 10.0. The molecule has 0 aliphatic rings. The van der Waals surface area contributed by atoms with Crippen LogP contribution in [0.1, 0.15) is 25.3 Å². The molecule has 172 valence electrons. The van der Waals surface area contributed by atoms with Crippen molar-refractivity contribution in [1.82, 2.24) is 10.6 Å². The summed E-state index contributed by atoms with van der Waals surface area (Å²) in [5, 5.41) is 33.2. The van der Waals surface area contributed by atoms with Crippen LogP contribution in [0.2, 0.25) is 0 Å². The van der Waals surface area contributed by atoms with Crippen LogP contribution in [0.15, 0.2) is 29.3 Å². The van der Waals surface area contributed by atoms with Crippen LogP contribution >= 0.6 is 0 Å². The Morgan fingerprint density at radius 3 is 2.16 bits per heavy atom. The highest BCUT2D eigenvalue weighted by molar-refractivity contribution is 5.92. The van der Waals surface area contributed by atoms with Gasteiger partial charge in [0.25, 0.3) is 0 Å². The molecule has 1 rings (SSSR count). The third-order valence-corrected chi connectivity index (χ3v) is 4.39. The van der Waals surface area contributed by atoms with Crippen LogP contribution in [0.3, 0.4) is 0 Å². The lowest BCUT2D eigenvalue weighted by Crippen LogP contribution is -2.56. The van der Waals surface area contributed by atoms with Gasteiger partial charge in [0.15, 0.2) is 5.96 Å². The van der Waals surface area contributed by atoms with Crippen molar-refractivity contribution in [3.8, 4) is 5.75 Å². The van der Waals surface area contributed by atoms with Crippen molar-refractivity contribution in [1.29, 1.82) is 0 Å². The Hall–Kier alpha value is -3.38. The second-order valence-electron chi connectivity index (χ2n) is 7.05. The Labute approximate surface area is 179 Å². The summed E-state index contributed by atoms with van der Waals surface area (Å²) in [6.07, 6.45) is -0.766. The van der Waals surface area contributed by atoms with Gasteiger partial charge < -0.3 is 43.2 Å². The lowest BCUT2D eigenvalue weighted by Gasteiger charge is -2.23. The SMILES string of the molecule is CC(O)C(N)C(=O)NC(CCCN=C(N)N)C(=O)NC(Cc1ccc(O)cc1)C(=O)O. The smallest absolute Gasteiger partial charge is 0.326 e. The number of carboxylic acids is 1. The molecule has 12 nitrogen and oxygen atoms in total. The zero-order chi connectivity index (χ0) is 23.6. The number of phenolic OH excluding ortho intramolecular Hbond substituents is 1. The number of phenols is 1. The van der Waals surface area contributed by atoms with E-state index in [9.17, 15) is 29.7 Å². The number of nitrogens with two attached hydrogens (primary N) is 3. The fraction of sp³-hybridized carbons (Fsp3) is 0.474. The van der Waals surface area contributed by atoms with E-state index in [0.717, 1.165) is 0 Å². The lowest BCUT2D eigenvalue weighted by molar-refractivity contribution is -0.142. The first-order valence-corrected chi connectivity index (χ1v) is 9.61. The number of hydrogen-bond acceptors (Lipinski definition) is 7. The van der Waals surface area contributed by atoms with E-state index < -0.39 is 42.0 Å². The summed E-state index contributed by atoms with van der Waals surface area (Å²) in [7, 11) is 0. The molecular weight excluding hydrogens is 408 g/mol. The minimum atomic E-state index is -1.28. The van der Waals surface area contributed by atoms with Gasteiger partial charge in [0, 0.05) is 13.0 Å². The van der Waals surface area contributed by atoms with Crippen molar-refractivity contribution in [2.75, 3.05) is 6.54 Å². The monoisotopic (exact) mass is 438 g/mol. The molecule has 0 heterocycles. The predicted molar refractivity (Wildman–Crippen MR) is 113 cm³/mol. The molecule has 0 spiro atoms. The largest absolute Gasteiger partial charge is 0.508 e. The number of aromatic hydroxyl groups is 1. The summed E-state index contributed by atoms with van der Waals surface area (Å²) in [6.45, 7) is 1.52. The van der Waals surface area contributed by atoms with Gasteiger partial charge in [-0.25, -0.2) is 4.79 Å². The van der Waals surface area contributed by atoms with Gasteiger partial charge >= 0.3 is 5.97 Å². The Morgan fingerprint density at radius 2 is 1.65 bits per heavy atom. The maximum absolute atomic E-state index is 12.7. The van der Waals surface area contributed by atoms with Gasteiger partial charge in [-0.3, -0.25) is 14.6 Å². The van der Waals surface area contributed by atoms with Gasteiger partial charge in [0.2, 0.25) is 11.8 Å². The summed E-state index contributed by atoms with van der Waals surface area (Å²) in [6, 6.07) is 2.22. The molecule has 31 heavy (non-hydrogen) atoms. The van der Waals surface area contributed by atoms with E-state index in [2.05, 4.69) is 15.6 Å². The number of aliphatic hydroxyl groups excluding tert-OH is 1. The Kier molecular flexibility index (Phi) is 10.2. The number of aliphatic hydroxyl groups is 1. The van der Waals surface area contributed by atoms with Gasteiger partial charge in [-0.15, -0.1) is 0 Å². The van der Waals surface area contributed by atoms with Gasteiger partial charge in [-0.05, 0) is 37.5 Å². The van der Waals surface area contributed by atoms with Crippen LogP contribution in [-0.4, -0.2) is 69.8 Å². The molecule has 4 atom stereocenters. The summed E-state index contributed by atoms with van der Waals surface area (Å²) >= 11 is 0. The highest BCUT2D eigenvalue weighted by Gasteiger charge is 2.29. The van der Waals surface area contributed by atoms with Crippen molar-refractivity contribution < 1.29 is 29.7 Å². The van der Waals surface area contributed by atoms with Crippen LogP contribution in [-0.2, 0) is 20.8 Å². The fourth-order valence-electron chi connectivity index (χ4n) is 2.60. The molecular formula is C19H30N6O6. The molecule has 12 heteroatoms. The van der Waals surface area contributed by atoms with Crippen LogP contribution in [0.5, 0.6) is 5.75 Å². The van der Waals surface area contributed by atoms with E-state index in [-0.39, 0.29) is 31.1 Å². The topological polar surface area (TPSA) is 226 Å². The average molecular weight is 438 g/mol. The zero-order valence-corrected chi connectivity index (χ0v) is 17.2. The summed E-state index contributed by atoms with van der Waals surface area (Å²) in [4.78, 5) is 40.4. The quantitative estimate of drug-likeness (QED) is 0.1000. The number of hydrogen-bond donors (Lipinski definition) is 8. The maximum Gasteiger partial charge on any atom is 0.326 e. The predicted octanol–water partition coefficient (Wildman–Crippen LogP) is -2.25. The molecule has 4 unspecified atom stereocenters. The highest BCUT2D eigenvalue weighted by atomic mass is 16.4. The number of aliphatic imine (C=N–C) groups is 1. The van der Waals surface area contributed by atoms with Crippen LogP contribution in [0, 0.1) is 0 Å². The molecule has 0 aromatic heterocycles. The first-order valence-electron chi connectivity index (χ1n) is 9.61. The Bertz CT molecular complexity index is 779. The van der Waals surface area contributed by atoms with E-state index in [4.69, 9.17) is 17.2 Å². The summed E-state index contributed by atoms with van der Waals surface area (Å²) in [5.41, 5.74) is 16.7. The minimum absolute atomic E-state index is 0.0256. The number of carbonyl (C=O) groups is 3. The molecule has 0 aliphatic carbocycles. The maximum atomic E-state index is 12.7. The second-order valence-corrected chi connectivity index (χ2v) is 7.05. The zero-order valence-electron chi connectivity index (χ0n) is 17.2. The van der Waals surface area contributed by atoms with Crippen LogP contribution < -0.4 is 27.8 Å². The second kappa shape index (κ2) is 12.3. The van der Waals surface area contributed by atoms with Crippen molar-refractivity contribution in [2.24, 2.45) is 22.2 Å². The van der Waals surface area contributed by atoms with Crippen LogP contribution in [0.4, 0.5) is 0 Å². The Morgan fingerprint density at radius 1 is 1.06 bits per heavy atom. The molecule has 0 aliphatic heterocycles. The highest BCUT2D eigenvalue weighted by Crippen LogP contribution is 2.12. The fourth-order valence-corrected chi connectivity index (χ4v) is 2.60. The first kappa shape index (κ1) is 25.7. The molecule has 0 saturated carbocycles. The Balaban J connectivity index is 2.89. The molecule has 2 amide bonds. The minimum Gasteiger partial charge on any atom is -0.508 e. The molecule has 1 aromatic rings. The van der Waals surface area contributed by atoms with E-state index in [0.29, 0.717) is 12.0 Å². The average Bonchev–Trinajstić information content (AvgIpc) is 2.69. The van der Waals surface area contributed by atoms with Crippen molar-refractivity contribution in [2.45, 2.75) is 50.4 Å². The first-order chi connectivity index (χ1) is 14.5. The van der Waals surface area contributed by atoms with Gasteiger partial charge in [0.05, 0.1) is 6.10 Å². The number of aliphatic carboxylic acids is 1.